The van der Waals surface area contributed by atoms with Crippen LogP contribution in [0, 0.1) is 5.82 Å². The third kappa shape index (κ3) is 4.45. The monoisotopic (exact) mass is 334 g/mol. The largest absolute Gasteiger partial charge is 0.331 e. The van der Waals surface area contributed by atoms with Crippen molar-refractivity contribution in [2.45, 2.75) is 25.9 Å². The van der Waals surface area contributed by atoms with Crippen molar-refractivity contribution >= 4 is 17.6 Å². The highest BCUT2D eigenvalue weighted by molar-refractivity contribution is 6.30. The van der Waals surface area contributed by atoms with Crippen LogP contribution in [0.3, 0.4) is 0 Å². The summed E-state index contributed by atoms with van der Waals surface area (Å²) in [4.78, 5) is 14.0. The van der Waals surface area contributed by atoms with Gasteiger partial charge >= 0.3 is 6.03 Å². The first-order valence-corrected chi connectivity index (χ1v) is 7.80. The number of amides is 2. The van der Waals surface area contributed by atoms with E-state index in [9.17, 15) is 9.18 Å². The molecule has 0 bridgehead atoms. The zero-order valence-electron chi connectivity index (χ0n) is 13.4. The molecule has 2 atom stereocenters. The van der Waals surface area contributed by atoms with Gasteiger partial charge in [0.25, 0.3) is 0 Å². The van der Waals surface area contributed by atoms with Gasteiger partial charge in [-0.2, -0.15) is 0 Å². The van der Waals surface area contributed by atoms with E-state index in [1.54, 1.807) is 36.2 Å². The summed E-state index contributed by atoms with van der Waals surface area (Å²) in [7, 11) is 1.73. The van der Waals surface area contributed by atoms with E-state index >= 15 is 0 Å². The molecule has 23 heavy (non-hydrogen) atoms. The molecule has 122 valence electrons. The van der Waals surface area contributed by atoms with E-state index in [0.717, 1.165) is 11.1 Å². The maximum absolute atomic E-state index is 13.3. The first kappa shape index (κ1) is 17.3. The van der Waals surface area contributed by atoms with Crippen molar-refractivity contribution in [1.82, 2.24) is 10.2 Å². The molecule has 3 nitrogen and oxygen atoms in total. The first-order valence-electron chi connectivity index (χ1n) is 7.42. The molecular formula is C18H20ClFN2O. The Morgan fingerprint density at radius 1 is 1.13 bits per heavy atom. The van der Waals surface area contributed by atoms with Gasteiger partial charge in [0.05, 0.1) is 12.1 Å². The summed E-state index contributed by atoms with van der Waals surface area (Å²) in [5, 5.41) is 3.54. The number of rotatable bonds is 4. The van der Waals surface area contributed by atoms with Crippen LogP contribution in [0.1, 0.15) is 37.1 Å². The number of hydrogen-bond acceptors (Lipinski definition) is 1. The summed E-state index contributed by atoms with van der Waals surface area (Å²) in [6.45, 7) is 3.77. The quantitative estimate of drug-likeness (QED) is 0.843. The molecule has 2 rings (SSSR count). The number of hydrogen-bond donors (Lipinski definition) is 1. The summed E-state index contributed by atoms with van der Waals surface area (Å²) in [6.07, 6.45) is 0. The molecule has 0 saturated heterocycles. The van der Waals surface area contributed by atoms with Crippen molar-refractivity contribution in [1.29, 1.82) is 0 Å². The maximum Gasteiger partial charge on any atom is 0.318 e. The van der Waals surface area contributed by atoms with Gasteiger partial charge in [0.2, 0.25) is 0 Å². The van der Waals surface area contributed by atoms with Crippen molar-refractivity contribution < 1.29 is 9.18 Å². The lowest BCUT2D eigenvalue weighted by Crippen LogP contribution is -2.39. The molecule has 0 aliphatic carbocycles. The normalized spacial score (nSPS) is 13.3. The van der Waals surface area contributed by atoms with E-state index in [2.05, 4.69) is 5.32 Å². The van der Waals surface area contributed by atoms with Gasteiger partial charge in [-0.15, -0.1) is 0 Å². The molecule has 0 aromatic heterocycles. The molecule has 0 saturated carbocycles. The second kappa shape index (κ2) is 7.47. The lowest BCUT2D eigenvalue weighted by Gasteiger charge is -2.27. The van der Waals surface area contributed by atoms with Crippen molar-refractivity contribution in [2.24, 2.45) is 0 Å². The first-order chi connectivity index (χ1) is 10.9. The molecule has 0 spiro atoms. The Hall–Kier alpha value is -2.07. The average Bonchev–Trinajstić information content (AvgIpc) is 2.54. The van der Waals surface area contributed by atoms with E-state index < -0.39 is 0 Å². The summed E-state index contributed by atoms with van der Waals surface area (Å²) < 4.78 is 13.3. The molecule has 0 heterocycles. The van der Waals surface area contributed by atoms with Gasteiger partial charge in [-0.05, 0) is 49.2 Å². The van der Waals surface area contributed by atoms with E-state index in [0.29, 0.717) is 5.02 Å². The number of nitrogens with zero attached hydrogens (tertiary/aromatic N) is 1. The molecular weight excluding hydrogens is 315 g/mol. The van der Waals surface area contributed by atoms with Crippen LogP contribution in [0.25, 0.3) is 0 Å². The molecule has 2 amide bonds. The minimum atomic E-state index is -0.313. The average molecular weight is 335 g/mol. The van der Waals surface area contributed by atoms with Gasteiger partial charge in [0, 0.05) is 12.1 Å². The van der Waals surface area contributed by atoms with E-state index in [1.807, 2.05) is 26.0 Å². The highest BCUT2D eigenvalue weighted by Gasteiger charge is 2.19. The number of urea groups is 1. The van der Waals surface area contributed by atoms with E-state index in [-0.39, 0.29) is 23.9 Å². The molecule has 2 aromatic carbocycles. The molecule has 5 heteroatoms. The SMILES string of the molecule is C[C@H](c1ccc(Cl)cc1)N(C)C(=O)N[C@H](C)c1cccc(F)c1. The van der Waals surface area contributed by atoms with Gasteiger partial charge in [0.15, 0.2) is 0 Å². The number of carbonyl (C=O) groups is 1. The van der Waals surface area contributed by atoms with Gasteiger partial charge < -0.3 is 10.2 Å². The van der Waals surface area contributed by atoms with Gasteiger partial charge in [0.1, 0.15) is 5.82 Å². The molecule has 0 fully saturated rings. The predicted octanol–water partition coefficient (Wildman–Crippen LogP) is 4.94. The highest BCUT2D eigenvalue weighted by Crippen LogP contribution is 2.21. The van der Waals surface area contributed by atoms with Gasteiger partial charge in [-0.25, -0.2) is 9.18 Å². The van der Waals surface area contributed by atoms with Crippen molar-refractivity contribution in [3.63, 3.8) is 0 Å². The Kier molecular flexibility index (Phi) is 5.61. The Morgan fingerprint density at radius 3 is 2.39 bits per heavy atom. The van der Waals surface area contributed by atoms with E-state index in [4.69, 9.17) is 11.6 Å². The summed E-state index contributed by atoms with van der Waals surface area (Å²) in [5.41, 5.74) is 1.72. The predicted molar refractivity (Wildman–Crippen MR) is 91.0 cm³/mol. The minimum Gasteiger partial charge on any atom is -0.331 e. The second-order valence-electron chi connectivity index (χ2n) is 5.56. The topological polar surface area (TPSA) is 32.3 Å². The second-order valence-corrected chi connectivity index (χ2v) is 6.00. The maximum atomic E-state index is 13.3. The third-order valence-electron chi connectivity index (χ3n) is 3.94. The van der Waals surface area contributed by atoms with Crippen LogP contribution in [-0.4, -0.2) is 18.0 Å². The van der Waals surface area contributed by atoms with Crippen LogP contribution in [0.4, 0.5) is 9.18 Å². The number of benzene rings is 2. The fraction of sp³-hybridized carbons (Fsp3) is 0.278. The van der Waals surface area contributed by atoms with Gasteiger partial charge in [-0.1, -0.05) is 35.9 Å². The Balaban J connectivity index is 2.03. The van der Waals surface area contributed by atoms with Gasteiger partial charge in [-0.3, -0.25) is 0 Å². The van der Waals surface area contributed by atoms with E-state index in [1.165, 1.54) is 12.1 Å². The zero-order valence-corrected chi connectivity index (χ0v) is 14.1. The van der Waals surface area contributed by atoms with Crippen LogP contribution in [-0.2, 0) is 0 Å². The third-order valence-corrected chi connectivity index (χ3v) is 4.19. The molecule has 0 aliphatic heterocycles. The standard InChI is InChI=1S/C18H20ClFN2O/c1-12(15-5-4-6-17(20)11-15)21-18(23)22(3)13(2)14-7-9-16(19)10-8-14/h4-13H,1-3H3,(H,21,23)/t12-,13-/m1/s1. The summed E-state index contributed by atoms with van der Waals surface area (Å²) >= 11 is 5.88. The van der Waals surface area contributed by atoms with Crippen molar-refractivity contribution in [3.05, 3.63) is 70.5 Å². The molecule has 2 aromatic rings. The van der Waals surface area contributed by atoms with Crippen LogP contribution in [0.2, 0.25) is 5.02 Å². The Bertz CT molecular complexity index is 675. The number of nitrogens with one attached hydrogen (secondary N) is 1. The fourth-order valence-corrected chi connectivity index (χ4v) is 2.41. The van der Waals surface area contributed by atoms with Crippen LogP contribution in [0.15, 0.2) is 48.5 Å². The molecule has 0 aliphatic rings. The van der Waals surface area contributed by atoms with Crippen molar-refractivity contribution in [2.75, 3.05) is 7.05 Å². The zero-order chi connectivity index (χ0) is 17.0. The lowest BCUT2D eigenvalue weighted by molar-refractivity contribution is 0.191. The molecule has 0 radical (unpaired) electrons. The van der Waals surface area contributed by atoms with Crippen LogP contribution >= 0.6 is 11.6 Å². The summed E-state index contributed by atoms with van der Waals surface area (Å²) in [5.74, 6) is -0.313. The van der Waals surface area contributed by atoms with Crippen molar-refractivity contribution in [3.8, 4) is 0 Å². The number of carbonyl (C=O) groups excluding carboxylic acids is 1. The smallest absolute Gasteiger partial charge is 0.318 e. The Labute approximate surface area is 141 Å². The highest BCUT2D eigenvalue weighted by atomic mass is 35.5. The molecule has 0 unspecified atom stereocenters. The summed E-state index contributed by atoms with van der Waals surface area (Å²) in [6, 6.07) is 13.0. The Morgan fingerprint density at radius 2 is 1.78 bits per heavy atom. The minimum absolute atomic E-state index is 0.105. The number of halogens is 2. The molecule has 1 N–H and O–H groups in total. The lowest BCUT2D eigenvalue weighted by atomic mass is 10.1. The van der Waals surface area contributed by atoms with Crippen LogP contribution < -0.4 is 5.32 Å². The van der Waals surface area contributed by atoms with Crippen LogP contribution in [0.5, 0.6) is 0 Å². The fourth-order valence-electron chi connectivity index (χ4n) is 2.29.